The van der Waals surface area contributed by atoms with Gasteiger partial charge in [-0.2, -0.15) is 0 Å². The van der Waals surface area contributed by atoms with Crippen LogP contribution in [0.15, 0.2) is 0 Å². The molecule has 0 heterocycles. The molecule has 0 aliphatic heterocycles. The van der Waals surface area contributed by atoms with Crippen LogP contribution in [0, 0.1) is 0 Å². The van der Waals surface area contributed by atoms with Crippen molar-refractivity contribution in [2.24, 2.45) is 0 Å². The molecule has 0 aromatic carbocycles. The van der Waals surface area contributed by atoms with Crippen LogP contribution in [-0.2, 0) is 4.74 Å². The fraction of sp³-hybridized carbons (Fsp3) is 1.00. The number of aliphatic hydroxyl groups excluding tert-OH is 1. The van der Waals surface area contributed by atoms with Gasteiger partial charge in [0.15, 0.2) is 6.29 Å². The fourth-order valence-electron chi connectivity index (χ4n) is 2.54. The first-order valence-electron chi connectivity index (χ1n) is 9.55. The summed E-state index contributed by atoms with van der Waals surface area (Å²) < 4.78 is 5.47. The van der Waals surface area contributed by atoms with Crippen LogP contribution >= 0.6 is 0 Å². The number of rotatable bonds is 16. The van der Waals surface area contributed by atoms with Crippen molar-refractivity contribution in [3.63, 3.8) is 0 Å². The van der Waals surface area contributed by atoms with E-state index in [2.05, 4.69) is 6.92 Å². The maximum atomic E-state index is 9.80. The van der Waals surface area contributed by atoms with Gasteiger partial charge in [0.25, 0.3) is 0 Å². The predicted octanol–water partition coefficient (Wildman–Crippen LogP) is 4.97. The summed E-state index contributed by atoms with van der Waals surface area (Å²) in [7, 11) is 3.92. The Hall–Kier alpha value is -0.120. The van der Waals surface area contributed by atoms with E-state index < -0.39 is 6.29 Å². The Balaban J connectivity index is 3.17. The molecular weight excluding hydrogens is 274 g/mol. The minimum Gasteiger partial charge on any atom is -0.367 e. The first kappa shape index (κ1) is 21.9. The number of likely N-dealkylation sites (N-methyl/N-ethyl adjacent to an activating group) is 1. The van der Waals surface area contributed by atoms with Crippen LogP contribution in [0.4, 0.5) is 0 Å². The molecule has 22 heavy (non-hydrogen) atoms. The molecule has 0 saturated heterocycles. The van der Waals surface area contributed by atoms with Gasteiger partial charge in [-0.1, -0.05) is 77.6 Å². The summed E-state index contributed by atoms with van der Waals surface area (Å²) in [6.07, 6.45) is 15.5. The van der Waals surface area contributed by atoms with E-state index in [1.165, 1.54) is 70.6 Å². The molecule has 0 amide bonds. The quantitative estimate of drug-likeness (QED) is 0.322. The number of aliphatic hydroxyl groups is 1. The van der Waals surface area contributed by atoms with Gasteiger partial charge in [0.05, 0.1) is 6.04 Å². The lowest BCUT2D eigenvalue weighted by Gasteiger charge is -2.25. The Morgan fingerprint density at radius 1 is 0.773 bits per heavy atom. The first-order valence-corrected chi connectivity index (χ1v) is 9.55. The molecule has 0 aromatic rings. The molecule has 1 N–H and O–H groups in total. The summed E-state index contributed by atoms with van der Waals surface area (Å²) in [4.78, 5) is 1.98. The predicted molar refractivity (Wildman–Crippen MR) is 96.2 cm³/mol. The van der Waals surface area contributed by atoms with Crippen molar-refractivity contribution in [3.05, 3.63) is 0 Å². The van der Waals surface area contributed by atoms with Gasteiger partial charge in [-0.05, 0) is 27.4 Å². The molecule has 3 nitrogen and oxygen atoms in total. The van der Waals surface area contributed by atoms with Gasteiger partial charge in [0.1, 0.15) is 0 Å². The van der Waals surface area contributed by atoms with Gasteiger partial charge in [0, 0.05) is 6.61 Å². The Morgan fingerprint density at radius 3 is 1.59 bits per heavy atom. The molecule has 0 bridgehead atoms. The highest BCUT2D eigenvalue weighted by Gasteiger charge is 2.15. The second-order valence-electron chi connectivity index (χ2n) is 6.85. The average Bonchev–Trinajstić information content (AvgIpc) is 2.50. The lowest BCUT2D eigenvalue weighted by atomic mass is 10.1. The van der Waals surface area contributed by atoms with E-state index in [-0.39, 0.29) is 6.04 Å². The summed E-state index contributed by atoms with van der Waals surface area (Å²) in [6, 6.07) is 0.0531. The summed E-state index contributed by atoms with van der Waals surface area (Å²) in [5.74, 6) is 0. The first-order chi connectivity index (χ1) is 10.6. The van der Waals surface area contributed by atoms with Crippen molar-refractivity contribution < 1.29 is 9.84 Å². The van der Waals surface area contributed by atoms with E-state index in [0.29, 0.717) is 6.61 Å². The van der Waals surface area contributed by atoms with Crippen LogP contribution in [0.2, 0.25) is 0 Å². The summed E-state index contributed by atoms with van der Waals surface area (Å²) >= 11 is 0. The van der Waals surface area contributed by atoms with Crippen LogP contribution < -0.4 is 0 Å². The maximum Gasteiger partial charge on any atom is 0.169 e. The van der Waals surface area contributed by atoms with Crippen molar-refractivity contribution in [3.8, 4) is 0 Å². The number of hydrogen-bond donors (Lipinski definition) is 1. The molecular formula is C19H41NO2. The lowest BCUT2D eigenvalue weighted by Crippen LogP contribution is -2.38. The molecule has 0 aliphatic rings. The third kappa shape index (κ3) is 13.5. The topological polar surface area (TPSA) is 32.7 Å². The van der Waals surface area contributed by atoms with Gasteiger partial charge in [-0.25, -0.2) is 0 Å². The highest BCUT2D eigenvalue weighted by Crippen LogP contribution is 2.12. The molecule has 0 aliphatic carbocycles. The van der Waals surface area contributed by atoms with Crippen LogP contribution in [0.25, 0.3) is 0 Å². The Kier molecular flexibility index (Phi) is 15.7. The van der Waals surface area contributed by atoms with Crippen molar-refractivity contribution in [1.29, 1.82) is 0 Å². The van der Waals surface area contributed by atoms with E-state index in [1.807, 2.05) is 25.9 Å². The Morgan fingerprint density at radius 2 is 1.18 bits per heavy atom. The minimum absolute atomic E-state index is 0.0531. The second-order valence-corrected chi connectivity index (χ2v) is 6.85. The van der Waals surface area contributed by atoms with E-state index in [9.17, 15) is 5.11 Å². The number of hydrogen-bond acceptors (Lipinski definition) is 3. The summed E-state index contributed by atoms with van der Waals surface area (Å²) in [5.41, 5.74) is 0. The summed E-state index contributed by atoms with van der Waals surface area (Å²) in [6.45, 7) is 4.93. The van der Waals surface area contributed by atoms with Crippen molar-refractivity contribution >= 4 is 0 Å². The normalized spacial score (nSPS) is 14.5. The van der Waals surface area contributed by atoms with Gasteiger partial charge < -0.3 is 14.7 Å². The van der Waals surface area contributed by atoms with E-state index in [1.54, 1.807) is 0 Å². The zero-order valence-corrected chi connectivity index (χ0v) is 15.6. The molecule has 2 unspecified atom stereocenters. The van der Waals surface area contributed by atoms with Gasteiger partial charge in [0.2, 0.25) is 0 Å². The van der Waals surface area contributed by atoms with Crippen molar-refractivity contribution in [2.45, 2.75) is 103 Å². The lowest BCUT2D eigenvalue weighted by molar-refractivity contribution is -0.134. The molecule has 0 radical (unpaired) electrons. The highest BCUT2D eigenvalue weighted by atomic mass is 16.6. The zero-order valence-electron chi connectivity index (χ0n) is 15.6. The van der Waals surface area contributed by atoms with Crippen LogP contribution in [0.3, 0.4) is 0 Å². The molecule has 0 aromatic heterocycles. The van der Waals surface area contributed by atoms with Gasteiger partial charge >= 0.3 is 0 Å². The molecule has 0 saturated carbocycles. The molecule has 3 heteroatoms. The van der Waals surface area contributed by atoms with E-state index in [4.69, 9.17) is 4.74 Å². The number of nitrogens with zero attached hydrogens (tertiary/aromatic N) is 1. The summed E-state index contributed by atoms with van der Waals surface area (Å²) in [5, 5.41) is 9.80. The third-order valence-corrected chi connectivity index (χ3v) is 4.51. The standard InChI is InChI=1S/C19H41NO2/c1-5-6-7-8-9-10-11-12-13-14-15-16-17-22-19(21)18(2)20(3)4/h18-19,21H,5-17H2,1-4H3. The van der Waals surface area contributed by atoms with Crippen molar-refractivity contribution in [2.75, 3.05) is 20.7 Å². The smallest absolute Gasteiger partial charge is 0.169 e. The fourth-order valence-corrected chi connectivity index (χ4v) is 2.54. The maximum absolute atomic E-state index is 9.80. The number of unbranched alkanes of at least 4 members (excludes halogenated alkanes) is 11. The molecule has 134 valence electrons. The van der Waals surface area contributed by atoms with E-state index >= 15 is 0 Å². The monoisotopic (exact) mass is 315 g/mol. The zero-order chi connectivity index (χ0) is 16.6. The van der Waals surface area contributed by atoms with E-state index in [0.717, 1.165) is 6.42 Å². The molecule has 2 atom stereocenters. The average molecular weight is 316 g/mol. The minimum atomic E-state index is -0.664. The van der Waals surface area contributed by atoms with Gasteiger partial charge in [-0.15, -0.1) is 0 Å². The second kappa shape index (κ2) is 15.8. The third-order valence-electron chi connectivity index (χ3n) is 4.51. The SMILES string of the molecule is CCCCCCCCCCCCCCOC(O)C(C)N(C)C. The Bertz CT molecular complexity index is 221. The molecule has 0 fully saturated rings. The number of ether oxygens (including phenoxy) is 1. The van der Waals surface area contributed by atoms with Gasteiger partial charge in [-0.3, -0.25) is 0 Å². The van der Waals surface area contributed by atoms with Crippen molar-refractivity contribution in [1.82, 2.24) is 4.90 Å². The van der Waals surface area contributed by atoms with Crippen LogP contribution in [0.5, 0.6) is 0 Å². The van der Waals surface area contributed by atoms with Crippen LogP contribution in [0.1, 0.15) is 90.9 Å². The van der Waals surface area contributed by atoms with Crippen LogP contribution in [-0.4, -0.2) is 43.0 Å². The Labute approximate surface area is 139 Å². The molecule has 0 rings (SSSR count). The highest BCUT2D eigenvalue weighted by molar-refractivity contribution is 4.61. The molecule has 0 spiro atoms. The largest absolute Gasteiger partial charge is 0.367 e.